The molecule has 7 heteroatoms. The van der Waals surface area contributed by atoms with Gasteiger partial charge >= 0.3 is 0 Å². The van der Waals surface area contributed by atoms with Crippen molar-refractivity contribution in [3.8, 4) is 0 Å². The van der Waals surface area contributed by atoms with Crippen molar-refractivity contribution in [3.63, 3.8) is 0 Å². The van der Waals surface area contributed by atoms with Crippen molar-refractivity contribution in [3.05, 3.63) is 15.6 Å². The van der Waals surface area contributed by atoms with Crippen LogP contribution in [0.25, 0.3) is 0 Å². The van der Waals surface area contributed by atoms with Gasteiger partial charge in [0.05, 0.1) is 23.4 Å². The van der Waals surface area contributed by atoms with Crippen LogP contribution in [0.2, 0.25) is 0 Å². The van der Waals surface area contributed by atoms with Crippen LogP contribution in [-0.2, 0) is 4.74 Å². The molecule has 0 spiro atoms. The molecular weight excluding hydrogens is 302 g/mol. The van der Waals surface area contributed by atoms with Crippen LogP contribution in [0.5, 0.6) is 0 Å². The summed E-state index contributed by atoms with van der Waals surface area (Å²) in [7, 11) is 0. The molecular formula is C15H25N3O3S. The Morgan fingerprint density at radius 3 is 2.59 bits per heavy atom. The minimum absolute atomic E-state index is 0.0811. The van der Waals surface area contributed by atoms with Gasteiger partial charge in [0.2, 0.25) is 0 Å². The quantitative estimate of drug-likeness (QED) is 0.841. The number of piperazine rings is 1. The molecule has 1 aromatic heterocycles. The van der Waals surface area contributed by atoms with Crippen molar-refractivity contribution >= 4 is 17.2 Å². The predicted octanol–water partition coefficient (Wildman–Crippen LogP) is 0.915. The van der Waals surface area contributed by atoms with E-state index in [0.29, 0.717) is 32.8 Å². The summed E-state index contributed by atoms with van der Waals surface area (Å²) >= 11 is 1.46. The molecule has 0 aromatic carbocycles. The maximum Gasteiger partial charge on any atom is 0.265 e. The van der Waals surface area contributed by atoms with Gasteiger partial charge in [0.1, 0.15) is 4.88 Å². The largest absolute Gasteiger partial charge is 0.389 e. The molecule has 6 nitrogen and oxygen atoms in total. The molecule has 0 radical (unpaired) electrons. The molecule has 1 unspecified atom stereocenters. The second-order valence-electron chi connectivity index (χ2n) is 5.55. The number of aromatic nitrogens is 1. The first-order valence-corrected chi connectivity index (χ1v) is 8.54. The average molecular weight is 327 g/mol. The Kier molecular flexibility index (Phi) is 6.31. The lowest BCUT2D eigenvalue weighted by molar-refractivity contribution is 0.0112. The Bertz CT molecular complexity index is 498. The third-order valence-corrected chi connectivity index (χ3v) is 4.80. The topological polar surface area (TPSA) is 65.9 Å². The summed E-state index contributed by atoms with van der Waals surface area (Å²) in [5.41, 5.74) is 0.821. The van der Waals surface area contributed by atoms with Crippen molar-refractivity contribution in [2.75, 3.05) is 45.9 Å². The maximum absolute atomic E-state index is 12.5. The number of carbonyl (C=O) groups excluding carboxylic acids is 1. The highest BCUT2D eigenvalue weighted by molar-refractivity contribution is 7.13. The highest BCUT2D eigenvalue weighted by atomic mass is 32.1. The zero-order chi connectivity index (χ0) is 16.1. The van der Waals surface area contributed by atoms with Crippen LogP contribution in [0.4, 0.5) is 0 Å². The summed E-state index contributed by atoms with van der Waals surface area (Å²) in [6.45, 7) is 10.3. The molecule has 1 N–H and O–H groups in total. The molecule has 1 saturated heterocycles. The van der Waals surface area contributed by atoms with E-state index in [1.807, 2.05) is 25.7 Å². The fraction of sp³-hybridized carbons (Fsp3) is 0.733. The normalized spacial score (nSPS) is 17.7. The van der Waals surface area contributed by atoms with Crippen LogP contribution >= 0.6 is 11.3 Å². The van der Waals surface area contributed by atoms with E-state index in [-0.39, 0.29) is 5.91 Å². The summed E-state index contributed by atoms with van der Waals surface area (Å²) in [4.78, 5) is 21.6. The van der Waals surface area contributed by atoms with Crippen molar-refractivity contribution in [2.45, 2.75) is 26.9 Å². The van der Waals surface area contributed by atoms with E-state index in [1.54, 1.807) is 0 Å². The molecule has 124 valence electrons. The number of nitrogens with zero attached hydrogens (tertiary/aromatic N) is 3. The van der Waals surface area contributed by atoms with Crippen LogP contribution in [0.1, 0.15) is 27.3 Å². The monoisotopic (exact) mass is 327 g/mol. The SMILES string of the molecule is CCOCC(O)CN1CCN(C(=O)c2sc(C)nc2C)CC1. The van der Waals surface area contributed by atoms with Crippen LogP contribution in [0, 0.1) is 13.8 Å². The number of thiazole rings is 1. The van der Waals surface area contributed by atoms with E-state index in [0.717, 1.165) is 28.7 Å². The van der Waals surface area contributed by atoms with Gasteiger partial charge in [-0.2, -0.15) is 0 Å². The van der Waals surface area contributed by atoms with E-state index >= 15 is 0 Å². The summed E-state index contributed by atoms with van der Waals surface area (Å²) in [5, 5.41) is 10.8. The lowest BCUT2D eigenvalue weighted by atomic mass is 10.2. The first-order valence-electron chi connectivity index (χ1n) is 7.72. The van der Waals surface area contributed by atoms with Gasteiger partial charge in [-0.1, -0.05) is 0 Å². The molecule has 22 heavy (non-hydrogen) atoms. The molecule has 0 bridgehead atoms. The van der Waals surface area contributed by atoms with Crippen LogP contribution in [0.15, 0.2) is 0 Å². The summed E-state index contributed by atoms with van der Waals surface area (Å²) in [6.07, 6.45) is -0.464. The Morgan fingerprint density at radius 1 is 1.36 bits per heavy atom. The van der Waals surface area contributed by atoms with Crippen molar-refractivity contribution in [2.24, 2.45) is 0 Å². The number of aliphatic hydroxyl groups excluding tert-OH is 1. The van der Waals surface area contributed by atoms with Gasteiger partial charge in [-0.15, -0.1) is 11.3 Å². The standard InChI is InChI=1S/C15H25N3O3S/c1-4-21-10-13(19)9-17-5-7-18(8-6-17)15(20)14-11(2)16-12(3)22-14/h13,19H,4-10H2,1-3H3. The summed E-state index contributed by atoms with van der Waals surface area (Å²) < 4.78 is 5.22. The van der Waals surface area contributed by atoms with Gasteiger partial charge in [0, 0.05) is 39.3 Å². The molecule has 0 saturated carbocycles. The molecule has 1 aromatic rings. The zero-order valence-corrected chi connectivity index (χ0v) is 14.4. The Balaban J connectivity index is 1.82. The number of hydrogen-bond donors (Lipinski definition) is 1. The number of amides is 1. The number of carbonyl (C=O) groups is 1. The van der Waals surface area contributed by atoms with E-state index in [1.165, 1.54) is 11.3 Å². The van der Waals surface area contributed by atoms with Gasteiger partial charge < -0.3 is 14.7 Å². The first-order chi connectivity index (χ1) is 10.5. The lowest BCUT2D eigenvalue weighted by Crippen LogP contribution is -2.50. The minimum Gasteiger partial charge on any atom is -0.389 e. The number of ether oxygens (including phenoxy) is 1. The second-order valence-corrected chi connectivity index (χ2v) is 6.76. The summed E-state index contributed by atoms with van der Waals surface area (Å²) in [5.74, 6) is 0.0811. The van der Waals surface area contributed by atoms with Crippen molar-refractivity contribution < 1.29 is 14.6 Å². The van der Waals surface area contributed by atoms with Crippen molar-refractivity contribution in [1.82, 2.24) is 14.8 Å². The predicted molar refractivity (Wildman–Crippen MR) is 86.4 cm³/mol. The van der Waals surface area contributed by atoms with E-state index in [9.17, 15) is 9.90 Å². The Morgan fingerprint density at radius 2 is 2.05 bits per heavy atom. The Hall–Kier alpha value is -1.02. The number of aliphatic hydroxyl groups is 1. The van der Waals surface area contributed by atoms with Gasteiger partial charge in [0.25, 0.3) is 5.91 Å². The highest BCUT2D eigenvalue weighted by Crippen LogP contribution is 2.20. The van der Waals surface area contributed by atoms with E-state index < -0.39 is 6.10 Å². The van der Waals surface area contributed by atoms with Gasteiger partial charge in [-0.25, -0.2) is 4.98 Å². The second kappa shape index (κ2) is 8.01. The van der Waals surface area contributed by atoms with Gasteiger partial charge in [0.15, 0.2) is 0 Å². The third-order valence-electron chi connectivity index (χ3n) is 3.74. The molecule has 0 aliphatic carbocycles. The molecule has 1 aliphatic heterocycles. The molecule has 1 fully saturated rings. The number of rotatable bonds is 6. The Labute approximate surface area is 135 Å². The average Bonchev–Trinajstić information content (AvgIpc) is 2.84. The molecule has 1 atom stereocenters. The van der Waals surface area contributed by atoms with Gasteiger partial charge in [-0.3, -0.25) is 9.69 Å². The fourth-order valence-corrected chi connectivity index (χ4v) is 3.50. The summed E-state index contributed by atoms with van der Waals surface area (Å²) in [6, 6.07) is 0. The van der Waals surface area contributed by atoms with E-state index in [2.05, 4.69) is 9.88 Å². The highest BCUT2D eigenvalue weighted by Gasteiger charge is 2.25. The fourth-order valence-electron chi connectivity index (χ4n) is 2.61. The maximum atomic E-state index is 12.5. The van der Waals surface area contributed by atoms with Crippen LogP contribution < -0.4 is 0 Å². The number of hydrogen-bond acceptors (Lipinski definition) is 6. The third kappa shape index (κ3) is 4.49. The van der Waals surface area contributed by atoms with Crippen LogP contribution in [-0.4, -0.2) is 77.8 Å². The molecule has 1 aliphatic rings. The van der Waals surface area contributed by atoms with Crippen molar-refractivity contribution in [1.29, 1.82) is 0 Å². The number of β-amino-alcohol motifs (C(OH)–C–C–N with tert-alkyl or cyclic N) is 1. The zero-order valence-electron chi connectivity index (χ0n) is 13.5. The molecule has 2 rings (SSSR count). The van der Waals surface area contributed by atoms with Gasteiger partial charge in [-0.05, 0) is 20.8 Å². The first kappa shape index (κ1) is 17.3. The number of aryl methyl sites for hydroxylation is 2. The smallest absolute Gasteiger partial charge is 0.265 e. The van der Waals surface area contributed by atoms with E-state index in [4.69, 9.17) is 4.74 Å². The molecule has 2 heterocycles. The lowest BCUT2D eigenvalue weighted by Gasteiger charge is -2.35. The van der Waals surface area contributed by atoms with Crippen LogP contribution in [0.3, 0.4) is 0 Å². The minimum atomic E-state index is -0.464. The molecule has 1 amide bonds.